The molecule has 26 heavy (non-hydrogen) atoms. The zero-order valence-corrected chi connectivity index (χ0v) is 16.4. The second-order valence-corrected chi connectivity index (χ2v) is 7.11. The maximum Gasteiger partial charge on any atom is 0.123 e. The van der Waals surface area contributed by atoms with E-state index in [1.54, 1.807) is 0 Å². The van der Waals surface area contributed by atoms with Crippen molar-refractivity contribution in [1.82, 2.24) is 14.9 Å². The molecule has 142 valence electrons. The van der Waals surface area contributed by atoms with Gasteiger partial charge in [0.25, 0.3) is 0 Å². The number of hydrogen-bond donors (Lipinski definition) is 3. The number of unbranched alkanes of at least 4 members (excludes halogenated alkanes) is 5. The van der Waals surface area contributed by atoms with E-state index in [1.807, 2.05) is 36.4 Å². The first kappa shape index (κ1) is 20.5. The van der Waals surface area contributed by atoms with Crippen molar-refractivity contribution >= 4 is 24.3 Å². The molecule has 4 N–H and O–H groups in total. The van der Waals surface area contributed by atoms with Crippen LogP contribution < -0.4 is 11.5 Å². The fourth-order valence-corrected chi connectivity index (χ4v) is 3.22. The third kappa shape index (κ3) is 8.06. The highest BCUT2D eigenvalue weighted by molar-refractivity contribution is 7.80. The number of pyridine rings is 2. The molecule has 0 spiro atoms. The molecular formula is C20H31N5S. The Morgan fingerprint density at radius 2 is 1.23 bits per heavy atom. The van der Waals surface area contributed by atoms with Gasteiger partial charge in [-0.2, -0.15) is 12.6 Å². The second kappa shape index (κ2) is 11.8. The molecule has 5 nitrogen and oxygen atoms in total. The van der Waals surface area contributed by atoms with Gasteiger partial charge in [0, 0.05) is 13.1 Å². The molecule has 0 radical (unpaired) electrons. The summed E-state index contributed by atoms with van der Waals surface area (Å²) in [6, 6.07) is 11.6. The van der Waals surface area contributed by atoms with Gasteiger partial charge in [-0.15, -0.1) is 0 Å². The molecule has 2 aromatic rings. The lowest BCUT2D eigenvalue weighted by Gasteiger charge is -2.22. The Morgan fingerprint density at radius 1 is 0.731 bits per heavy atom. The van der Waals surface area contributed by atoms with Gasteiger partial charge >= 0.3 is 0 Å². The number of hydrogen-bond acceptors (Lipinski definition) is 6. The monoisotopic (exact) mass is 373 g/mol. The first-order valence-electron chi connectivity index (χ1n) is 9.43. The number of rotatable bonds is 12. The standard InChI is InChI=1S/C20H31N5S/c21-19-11-7-9-17(23-19)15-25(13-5-3-1-2-4-6-14-26)16-18-10-8-12-20(22)24-18/h7-12,26H,1-6,13-16H2,(H2,21,23)(H2,22,24). The highest BCUT2D eigenvalue weighted by atomic mass is 32.1. The summed E-state index contributed by atoms with van der Waals surface area (Å²) in [6.45, 7) is 2.54. The van der Waals surface area contributed by atoms with Crippen molar-refractivity contribution in [3.05, 3.63) is 47.8 Å². The van der Waals surface area contributed by atoms with Crippen LogP contribution in [0.4, 0.5) is 11.6 Å². The van der Waals surface area contributed by atoms with Gasteiger partial charge in [-0.3, -0.25) is 4.90 Å². The van der Waals surface area contributed by atoms with Gasteiger partial charge < -0.3 is 11.5 Å². The van der Waals surface area contributed by atoms with Crippen molar-refractivity contribution in [2.24, 2.45) is 0 Å². The van der Waals surface area contributed by atoms with Crippen molar-refractivity contribution in [3.8, 4) is 0 Å². The Labute approximate surface area is 162 Å². The summed E-state index contributed by atoms with van der Waals surface area (Å²) >= 11 is 4.26. The molecule has 2 aromatic heterocycles. The topological polar surface area (TPSA) is 81.1 Å². The van der Waals surface area contributed by atoms with Crippen molar-refractivity contribution in [3.63, 3.8) is 0 Å². The van der Waals surface area contributed by atoms with Crippen LogP contribution in [0.15, 0.2) is 36.4 Å². The molecule has 0 saturated heterocycles. The Bertz CT molecular complexity index is 602. The average Bonchev–Trinajstić information content (AvgIpc) is 2.61. The quantitative estimate of drug-likeness (QED) is 0.388. The zero-order valence-electron chi connectivity index (χ0n) is 15.5. The summed E-state index contributed by atoms with van der Waals surface area (Å²) in [6.07, 6.45) is 7.51. The van der Waals surface area contributed by atoms with Crippen LogP contribution >= 0.6 is 12.6 Å². The minimum Gasteiger partial charge on any atom is -0.384 e. The van der Waals surface area contributed by atoms with Gasteiger partial charge in [0.1, 0.15) is 11.6 Å². The fraction of sp³-hybridized carbons (Fsp3) is 0.500. The zero-order chi connectivity index (χ0) is 18.6. The molecule has 2 heterocycles. The van der Waals surface area contributed by atoms with Crippen molar-refractivity contribution in [2.75, 3.05) is 23.8 Å². The van der Waals surface area contributed by atoms with E-state index in [2.05, 4.69) is 27.5 Å². The highest BCUT2D eigenvalue weighted by Gasteiger charge is 2.09. The van der Waals surface area contributed by atoms with E-state index in [4.69, 9.17) is 11.5 Å². The number of nitrogens with two attached hydrogens (primary N) is 2. The number of anilines is 2. The average molecular weight is 374 g/mol. The maximum absolute atomic E-state index is 5.82. The van der Waals surface area contributed by atoms with Crippen LogP contribution in [0.5, 0.6) is 0 Å². The number of nitrogen functional groups attached to an aromatic ring is 2. The SMILES string of the molecule is Nc1cccc(CN(CCCCCCCCS)Cc2cccc(N)n2)n1. The largest absolute Gasteiger partial charge is 0.384 e. The fourth-order valence-electron chi connectivity index (χ4n) is 3.00. The summed E-state index contributed by atoms with van der Waals surface area (Å²) in [4.78, 5) is 11.2. The summed E-state index contributed by atoms with van der Waals surface area (Å²) in [5, 5.41) is 0. The molecule has 0 amide bonds. The predicted octanol–water partition coefficient (Wildman–Crippen LogP) is 3.91. The van der Waals surface area contributed by atoms with Crippen LogP contribution in [0.1, 0.15) is 49.9 Å². The van der Waals surface area contributed by atoms with E-state index in [-0.39, 0.29) is 0 Å². The Kier molecular flexibility index (Phi) is 9.28. The van der Waals surface area contributed by atoms with Gasteiger partial charge in [0.2, 0.25) is 0 Å². The molecule has 0 aromatic carbocycles. The summed E-state index contributed by atoms with van der Waals surface area (Å²) in [5.74, 6) is 2.12. The molecule has 0 aliphatic heterocycles. The van der Waals surface area contributed by atoms with Gasteiger partial charge in [0.05, 0.1) is 11.4 Å². The smallest absolute Gasteiger partial charge is 0.123 e. The molecule has 0 atom stereocenters. The normalized spacial score (nSPS) is 11.2. The van der Waals surface area contributed by atoms with Crippen molar-refractivity contribution in [1.29, 1.82) is 0 Å². The lowest BCUT2D eigenvalue weighted by molar-refractivity contribution is 0.244. The molecule has 0 aliphatic carbocycles. The third-order valence-corrected chi connectivity index (χ3v) is 4.63. The van der Waals surface area contributed by atoms with E-state index in [9.17, 15) is 0 Å². The Balaban J connectivity index is 1.88. The van der Waals surface area contributed by atoms with Crippen molar-refractivity contribution in [2.45, 2.75) is 51.6 Å². The van der Waals surface area contributed by atoms with E-state index < -0.39 is 0 Å². The molecule has 2 rings (SSSR count). The Morgan fingerprint density at radius 3 is 1.73 bits per heavy atom. The van der Waals surface area contributed by atoms with Crippen LogP contribution in [-0.2, 0) is 13.1 Å². The van der Waals surface area contributed by atoms with Crippen LogP contribution in [-0.4, -0.2) is 27.2 Å². The lowest BCUT2D eigenvalue weighted by atomic mass is 10.1. The lowest BCUT2D eigenvalue weighted by Crippen LogP contribution is -2.25. The minimum absolute atomic E-state index is 0.564. The molecule has 0 saturated carbocycles. The van der Waals surface area contributed by atoms with Crippen LogP contribution in [0.25, 0.3) is 0 Å². The summed E-state index contributed by atoms with van der Waals surface area (Å²) < 4.78 is 0. The van der Waals surface area contributed by atoms with Gasteiger partial charge in [-0.25, -0.2) is 9.97 Å². The van der Waals surface area contributed by atoms with Gasteiger partial charge in [0.15, 0.2) is 0 Å². The van der Waals surface area contributed by atoms with E-state index in [0.717, 1.165) is 36.8 Å². The van der Waals surface area contributed by atoms with E-state index >= 15 is 0 Å². The third-order valence-electron chi connectivity index (χ3n) is 4.31. The maximum atomic E-state index is 5.82. The number of nitrogens with zero attached hydrogens (tertiary/aromatic N) is 3. The molecule has 6 heteroatoms. The summed E-state index contributed by atoms with van der Waals surface area (Å²) in [7, 11) is 0. The van der Waals surface area contributed by atoms with E-state index in [1.165, 1.54) is 38.5 Å². The van der Waals surface area contributed by atoms with E-state index in [0.29, 0.717) is 11.6 Å². The van der Waals surface area contributed by atoms with Crippen LogP contribution in [0.3, 0.4) is 0 Å². The molecule has 0 aliphatic rings. The minimum atomic E-state index is 0.564. The molecule has 0 unspecified atom stereocenters. The number of aromatic nitrogens is 2. The first-order valence-corrected chi connectivity index (χ1v) is 10.1. The van der Waals surface area contributed by atoms with Crippen LogP contribution in [0.2, 0.25) is 0 Å². The number of thiol groups is 1. The highest BCUT2D eigenvalue weighted by Crippen LogP contribution is 2.13. The Hall–Kier alpha value is -1.79. The molecule has 0 bridgehead atoms. The molecular weight excluding hydrogens is 342 g/mol. The van der Waals surface area contributed by atoms with Gasteiger partial charge in [-0.1, -0.05) is 37.8 Å². The first-order chi connectivity index (χ1) is 12.7. The van der Waals surface area contributed by atoms with Gasteiger partial charge in [-0.05, 0) is 49.4 Å². The van der Waals surface area contributed by atoms with Crippen molar-refractivity contribution < 1.29 is 0 Å². The second-order valence-electron chi connectivity index (χ2n) is 6.66. The predicted molar refractivity (Wildman–Crippen MR) is 113 cm³/mol. The molecule has 0 fully saturated rings. The summed E-state index contributed by atoms with van der Waals surface area (Å²) in [5.41, 5.74) is 13.6. The van der Waals surface area contributed by atoms with Crippen LogP contribution in [0, 0.1) is 0 Å².